The Labute approximate surface area is 150 Å². The summed E-state index contributed by atoms with van der Waals surface area (Å²) in [5.74, 6) is 2.54. The molecule has 3 heteroatoms. The fourth-order valence-corrected chi connectivity index (χ4v) is 7.66. The fourth-order valence-electron chi connectivity index (χ4n) is 7.15. The molecule has 0 aromatic heterocycles. The minimum Gasteiger partial charge on any atom is -0.300 e. The molecule has 0 amide bonds. The second-order valence-corrected chi connectivity index (χ2v) is 9.91. The first-order valence-corrected chi connectivity index (χ1v) is 10.1. The van der Waals surface area contributed by atoms with Gasteiger partial charge >= 0.3 is 0 Å². The minimum atomic E-state index is 0.121. The van der Waals surface area contributed by atoms with Crippen molar-refractivity contribution in [1.29, 1.82) is 0 Å². The summed E-state index contributed by atoms with van der Waals surface area (Å²) >= 11 is 6.94. The molecule has 0 spiro atoms. The van der Waals surface area contributed by atoms with Gasteiger partial charge in [-0.15, -0.1) is 11.6 Å². The average molecular weight is 349 g/mol. The number of hydrogen-bond donors (Lipinski definition) is 0. The second-order valence-electron chi connectivity index (χ2n) is 9.35. The highest BCUT2D eigenvalue weighted by Gasteiger charge is 2.61. The quantitative estimate of drug-likeness (QED) is 0.629. The van der Waals surface area contributed by atoms with Gasteiger partial charge in [0.15, 0.2) is 5.78 Å². The van der Waals surface area contributed by atoms with E-state index in [0.29, 0.717) is 30.0 Å². The van der Waals surface area contributed by atoms with Gasteiger partial charge in [0.05, 0.1) is 0 Å². The highest BCUT2D eigenvalue weighted by Crippen LogP contribution is 2.67. The number of alkyl halides is 1. The molecule has 132 valence electrons. The van der Waals surface area contributed by atoms with E-state index in [1.165, 1.54) is 5.57 Å². The zero-order chi connectivity index (χ0) is 17.3. The van der Waals surface area contributed by atoms with Crippen LogP contribution >= 0.6 is 11.6 Å². The zero-order valence-corrected chi connectivity index (χ0v) is 15.9. The maximum atomic E-state index is 12.2. The molecule has 3 saturated carbocycles. The maximum Gasteiger partial charge on any atom is 0.155 e. The van der Waals surface area contributed by atoms with Crippen molar-refractivity contribution in [3.63, 3.8) is 0 Å². The first-order chi connectivity index (χ1) is 11.3. The Morgan fingerprint density at radius 1 is 1.17 bits per heavy atom. The number of halogens is 1. The summed E-state index contributed by atoms with van der Waals surface area (Å²) in [6.45, 7) is 6.51. The van der Waals surface area contributed by atoms with Crippen LogP contribution in [0, 0.1) is 34.5 Å². The Bertz CT molecular complexity index is 623. The molecule has 0 bridgehead atoms. The van der Waals surface area contributed by atoms with Gasteiger partial charge in [-0.3, -0.25) is 9.59 Å². The summed E-state index contributed by atoms with van der Waals surface area (Å²) in [7, 11) is 0. The van der Waals surface area contributed by atoms with E-state index in [0.717, 1.165) is 38.5 Å². The van der Waals surface area contributed by atoms with Gasteiger partial charge in [-0.25, -0.2) is 0 Å². The zero-order valence-electron chi connectivity index (χ0n) is 15.1. The molecule has 4 rings (SSSR count). The molecule has 24 heavy (non-hydrogen) atoms. The molecule has 0 heterocycles. The molecule has 0 unspecified atom stereocenters. The first kappa shape index (κ1) is 16.8. The standard InChI is InChI=1S/C21H29ClO2/c1-12(23)15-4-5-16-19-17(7-9-21(15,16)3)20(2)8-6-14(24)10-13(20)11-18(19)22/h10,15-19H,4-9,11H2,1-3H3/t15-,16+,17+,18-,19+,20+,21-/m1/s1. The van der Waals surface area contributed by atoms with Gasteiger partial charge in [-0.05, 0) is 80.1 Å². The topological polar surface area (TPSA) is 34.1 Å². The Hall–Kier alpha value is -0.630. The molecule has 0 saturated heterocycles. The lowest BCUT2D eigenvalue weighted by molar-refractivity contribution is -0.128. The number of fused-ring (bicyclic) bond motifs is 5. The maximum absolute atomic E-state index is 12.2. The minimum absolute atomic E-state index is 0.121. The van der Waals surface area contributed by atoms with Crippen LogP contribution in [0.4, 0.5) is 0 Å². The Morgan fingerprint density at radius 2 is 1.92 bits per heavy atom. The molecule has 0 aromatic rings. The van der Waals surface area contributed by atoms with Crippen LogP contribution in [0.25, 0.3) is 0 Å². The third kappa shape index (κ3) is 2.14. The van der Waals surface area contributed by atoms with E-state index in [4.69, 9.17) is 11.6 Å². The smallest absolute Gasteiger partial charge is 0.155 e. The fraction of sp³-hybridized carbons (Fsp3) is 0.810. The first-order valence-electron chi connectivity index (χ1n) is 9.66. The number of carbonyl (C=O) groups is 2. The van der Waals surface area contributed by atoms with Crippen LogP contribution in [0.1, 0.15) is 65.7 Å². The van der Waals surface area contributed by atoms with Gasteiger partial charge in [0, 0.05) is 17.7 Å². The van der Waals surface area contributed by atoms with Crippen LogP contribution in [0.5, 0.6) is 0 Å². The Balaban J connectivity index is 1.72. The number of Topliss-reactive ketones (excluding diaryl/α,β-unsaturated/α-hetero) is 1. The van der Waals surface area contributed by atoms with Gasteiger partial charge in [-0.1, -0.05) is 19.4 Å². The highest BCUT2D eigenvalue weighted by atomic mass is 35.5. The van der Waals surface area contributed by atoms with Crippen LogP contribution in [-0.2, 0) is 9.59 Å². The molecule has 3 fully saturated rings. The highest BCUT2D eigenvalue weighted by molar-refractivity contribution is 6.21. The van der Waals surface area contributed by atoms with Gasteiger partial charge in [0.25, 0.3) is 0 Å². The molecule has 0 aromatic carbocycles. The lowest BCUT2D eigenvalue weighted by atomic mass is 9.46. The van der Waals surface area contributed by atoms with Crippen LogP contribution in [0.15, 0.2) is 11.6 Å². The number of ketones is 2. The van der Waals surface area contributed by atoms with E-state index < -0.39 is 0 Å². The monoisotopic (exact) mass is 348 g/mol. The summed E-state index contributed by atoms with van der Waals surface area (Å²) in [6.07, 6.45) is 8.95. The van der Waals surface area contributed by atoms with Crippen LogP contribution in [0.3, 0.4) is 0 Å². The van der Waals surface area contributed by atoms with Gasteiger partial charge in [-0.2, -0.15) is 0 Å². The lowest BCUT2D eigenvalue weighted by Gasteiger charge is -2.59. The summed E-state index contributed by atoms with van der Waals surface area (Å²) in [5, 5.41) is 0.121. The van der Waals surface area contributed by atoms with Crippen LogP contribution in [-0.4, -0.2) is 16.9 Å². The van der Waals surface area contributed by atoms with Crippen LogP contribution in [0.2, 0.25) is 0 Å². The van der Waals surface area contributed by atoms with Crippen molar-refractivity contribution in [3.8, 4) is 0 Å². The molecule has 7 atom stereocenters. The van der Waals surface area contributed by atoms with Crippen molar-refractivity contribution in [3.05, 3.63) is 11.6 Å². The molecule has 2 nitrogen and oxygen atoms in total. The van der Waals surface area contributed by atoms with Crippen LogP contribution < -0.4 is 0 Å². The van der Waals surface area contributed by atoms with Gasteiger partial charge in [0.1, 0.15) is 5.78 Å². The summed E-state index contributed by atoms with van der Waals surface area (Å²) < 4.78 is 0. The van der Waals surface area contributed by atoms with Crippen molar-refractivity contribution in [2.45, 2.75) is 71.1 Å². The average Bonchev–Trinajstić information content (AvgIpc) is 2.86. The summed E-state index contributed by atoms with van der Waals surface area (Å²) in [5.41, 5.74) is 1.60. The Morgan fingerprint density at radius 3 is 2.62 bits per heavy atom. The predicted molar refractivity (Wildman–Crippen MR) is 95.9 cm³/mol. The largest absolute Gasteiger partial charge is 0.300 e. The molecule has 4 aliphatic carbocycles. The van der Waals surface area contributed by atoms with Crippen molar-refractivity contribution in [2.75, 3.05) is 0 Å². The molecule has 0 aliphatic heterocycles. The summed E-state index contributed by atoms with van der Waals surface area (Å²) in [6, 6.07) is 0. The van der Waals surface area contributed by atoms with E-state index in [1.807, 2.05) is 6.08 Å². The van der Waals surface area contributed by atoms with E-state index in [-0.39, 0.29) is 27.9 Å². The number of carbonyl (C=O) groups excluding carboxylic acids is 2. The van der Waals surface area contributed by atoms with Gasteiger partial charge in [0.2, 0.25) is 0 Å². The second kappa shape index (κ2) is 5.43. The predicted octanol–water partition coefficient (Wildman–Crippen LogP) is 4.94. The van der Waals surface area contributed by atoms with Crippen molar-refractivity contribution < 1.29 is 9.59 Å². The molecule has 4 aliphatic rings. The molecule has 0 N–H and O–H groups in total. The van der Waals surface area contributed by atoms with Crippen molar-refractivity contribution >= 4 is 23.2 Å². The number of allylic oxidation sites excluding steroid dienone is 1. The Kier molecular flexibility index (Phi) is 3.81. The normalized spacial score (nSPS) is 50.6. The van der Waals surface area contributed by atoms with E-state index in [9.17, 15) is 9.59 Å². The molecule has 0 radical (unpaired) electrons. The van der Waals surface area contributed by atoms with E-state index in [2.05, 4.69) is 13.8 Å². The third-order valence-electron chi connectivity index (χ3n) is 8.43. The third-order valence-corrected chi connectivity index (χ3v) is 8.88. The van der Waals surface area contributed by atoms with Crippen molar-refractivity contribution in [2.24, 2.45) is 34.5 Å². The van der Waals surface area contributed by atoms with Crippen molar-refractivity contribution in [1.82, 2.24) is 0 Å². The SMILES string of the molecule is CC(=O)[C@H]1CC[C@H]2[C@@H]3[C@H](Cl)CC4=CC(=O)CC[C@]4(C)[C@H]3CC[C@]12C. The lowest BCUT2D eigenvalue weighted by Crippen LogP contribution is -2.54. The number of rotatable bonds is 1. The van der Waals surface area contributed by atoms with E-state index in [1.54, 1.807) is 6.92 Å². The van der Waals surface area contributed by atoms with E-state index >= 15 is 0 Å². The number of hydrogen-bond acceptors (Lipinski definition) is 2. The molecular formula is C21H29ClO2. The summed E-state index contributed by atoms with van der Waals surface area (Å²) in [4.78, 5) is 24.1. The van der Waals surface area contributed by atoms with Gasteiger partial charge < -0.3 is 0 Å². The molecular weight excluding hydrogens is 320 g/mol.